The maximum absolute atomic E-state index is 12.7. The van der Waals surface area contributed by atoms with E-state index in [1.54, 1.807) is 46.8 Å². The number of rotatable bonds is 28. The van der Waals surface area contributed by atoms with Crippen molar-refractivity contribution in [2.24, 2.45) is 0 Å². The Morgan fingerprint density at radius 1 is 0.392 bits per heavy atom. The summed E-state index contributed by atoms with van der Waals surface area (Å²) in [6.45, 7) is 6.54. The minimum absolute atomic E-state index is 0.0143. The number of carbonyl (C=O) groups is 1. The second-order valence-electron chi connectivity index (χ2n) is 29.5. The highest BCUT2D eigenvalue weighted by Gasteiger charge is 2.31. The van der Waals surface area contributed by atoms with E-state index >= 15 is 0 Å². The van der Waals surface area contributed by atoms with Gasteiger partial charge in [-0.1, -0.05) is 72.8 Å². The van der Waals surface area contributed by atoms with Gasteiger partial charge in [-0.25, -0.2) is 0 Å². The van der Waals surface area contributed by atoms with Crippen LogP contribution < -0.4 is 40.2 Å². The van der Waals surface area contributed by atoms with Crippen LogP contribution in [0.4, 0.5) is 13.2 Å². The van der Waals surface area contributed by atoms with Crippen molar-refractivity contribution in [3.63, 3.8) is 0 Å². The summed E-state index contributed by atoms with van der Waals surface area (Å²) in [5, 5.41) is 26.4. The zero-order valence-electron chi connectivity index (χ0n) is 67.9. The summed E-state index contributed by atoms with van der Waals surface area (Å²) in [4.78, 5) is 29.9. The average molecular weight is 1630 g/mol. The Morgan fingerprint density at radius 3 is 1.05 bits per heavy atom. The Morgan fingerprint density at radius 2 is 0.717 bits per heavy atom. The lowest BCUT2D eigenvalue weighted by Gasteiger charge is -2.30. The Bertz CT molecular complexity index is 5240. The smallest absolute Gasteiger partial charge is 0.416 e. The Hall–Kier alpha value is -11.1. The number of aromatic nitrogens is 4. The van der Waals surface area contributed by atoms with Gasteiger partial charge in [-0.15, -0.1) is 0 Å². The van der Waals surface area contributed by atoms with Gasteiger partial charge < -0.3 is 78.1 Å². The fraction of sp³-hybridized carbons (Fsp3) is 0.347. The number of methoxy groups -OCH3 is 4. The van der Waals surface area contributed by atoms with Crippen molar-refractivity contribution in [2.75, 3.05) is 87.8 Å². The maximum atomic E-state index is 12.7. The Balaban J connectivity index is 0.000000138. The molecule has 8 aromatic carbocycles. The minimum Gasteiger partial charge on any atom is -0.497 e. The number of nitrogens with one attached hydrogen (secondary N) is 4. The molecule has 12 aromatic rings. The van der Waals surface area contributed by atoms with Gasteiger partial charge in [-0.3, -0.25) is 24.7 Å². The van der Waals surface area contributed by atoms with Gasteiger partial charge in [0.25, 0.3) is 5.91 Å². The lowest BCUT2D eigenvalue weighted by molar-refractivity contribution is -0.192. The second kappa shape index (κ2) is 44.3. The lowest BCUT2D eigenvalue weighted by atomic mass is 10.0. The molecule has 1 amide bonds. The number of alkyl halides is 3. The van der Waals surface area contributed by atoms with E-state index in [2.05, 4.69) is 77.6 Å². The molecule has 0 unspecified atom stereocenters. The van der Waals surface area contributed by atoms with Crippen LogP contribution in [0.25, 0.3) is 43.6 Å². The van der Waals surface area contributed by atoms with Gasteiger partial charge in [0.15, 0.2) is 25.2 Å². The summed E-state index contributed by atoms with van der Waals surface area (Å²) >= 11 is 0. The fourth-order valence-electron chi connectivity index (χ4n) is 14.4. The van der Waals surface area contributed by atoms with E-state index in [-0.39, 0.29) is 55.2 Å². The molecule has 4 N–H and O–H groups in total. The third kappa shape index (κ3) is 25.5. The molecule has 0 atom stereocenters. The fourth-order valence-corrected chi connectivity index (χ4v) is 14.4. The molecule has 120 heavy (non-hydrogen) atoms. The number of halogens is 3. The molecule has 25 heteroatoms. The summed E-state index contributed by atoms with van der Waals surface area (Å²) < 4.78 is 106. The number of ether oxygens (including phenoxy) is 12. The number of aryl methyl sites for hydroxylation is 4. The summed E-state index contributed by atoms with van der Waals surface area (Å²) in [6, 6.07) is 66.6. The van der Waals surface area contributed by atoms with Crippen molar-refractivity contribution in [3.05, 3.63) is 287 Å². The number of nitriles is 1. The minimum atomic E-state index is -4.32. The lowest BCUT2D eigenvalue weighted by Crippen LogP contribution is -2.47. The van der Waals surface area contributed by atoms with Crippen LogP contribution in [0.5, 0.6) is 23.0 Å². The number of nitrogens with zero attached hydrogens (tertiary/aromatic N) is 5. The molecule has 8 heterocycles. The summed E-state index contributed by atoms with van der Waals surface area (Å²) in [5.41, 5.74) is 12.5. The van der Waals surface area contributed by atoms with E-state index in [1.165, 1.54) is 34.4 Å². The highest BCUT2D eigenvalue weighted by molar-refractivity contribution is 5.94. The van der Waals surface area contributed by atoms with Gasteiger partial charge in [0, 0.05) is 90.7 Å². The predicted molar refractivity (Wildman–Crippen MR) is 453 cm³/mol. The molecule has 22 nitrogen and oxygen atoms in total. The second-order valence-corrected chi connectivity index (χ2v) is 29.5. The molecular weight excluding hydrogens is 1530 g/mol. The largest absolute Gasteiger partial charge is 0.497 e. The first kappa shape index (κ1) is 86.7. The molecule has 0 aliphatic carbocycles. The monoisotopic (exact) mass is 1630 g/mol. The van der Waals surface area contributed by atoms with Crippen molar-refractivity contribution >= 4 is 49.5 Å². The van der Waals surface area contributed by atoms with Gasteiger partial charge in [0.1, 0.15) is 23.0 Å². The third-order valence-corrected chi connectivity index (χ3v) is 21.2. The van der Waals surface area contributed by atoms with E-state index in [9.17, 15) is 18.0 Å². The zero-order valence-corrected chi connectivity index (χ0v) is 67.9. The summed E-state index contributed by atoms with van der Waals surface area (Å²) in [7, 11) is 6.66. The van der Waals surface area contributed by atoms with Gasteiger partial charge >= 0.3 is 6.18 Å². The van der Waals surface area contributed by atoms with Gasteiger partial charge in [0.05, 0.1) is 145 Å². The van der Waals surface area contributed by atoms with Crippen LogP contribution in [0.2, 0.25) is 0 Å². The number of hydrogen-bond acceptors (Lipinski definition) is 21. The number of carbonyl (C=O) groups excluding carboxylic acids is 1. The quantitative estimate of drug-likeness (QED) is 0.0356. The van der Waals surface area contributed by atoms with Crippen LogP contribution in [-0.4, -0.2) is 163 Å². The molecule has 4 fully saturated rings. The molecule has 4 aliphatic rings. The van der Waals surface area contributed by atoms with E-state index in [0.29, 0.717) is 76.9 Å². The molecule has 4 aliphatic heterocycles. The van der Waals surface area contributed by atoms with E-state index in [4.69, 9.17) is 62.1 Å². The Kier molecular flexibility index (Phi) is 32.0. The van der Waals surface area contributed by atoms with Crippen LogP contribution in [0.1, 0.15) is 86.1 Å². The van der Waals surface area contributed by atoms with Crippen LogP contribution in [0.15, 0.2) is 231 Å². The van der Waals surface area contributed by atoms with Crippen molar-refractivity contribution < 1.29 is 74.8 Å². The number of benzene rings is 8. The Labute approximate surface area is 697 Å². The summed E-state index contributed by atoms with van der Waals surface area (Å²) in [6.07, 6.45) is 9.44. The molecule has 0 bridgehead atoms. The third-order valence-electron chi connectivity index (χ3n) is 21.2. The maximum Gasteiger partial charge on any atom is 0.416 e. The SMILES string of the molecule is COc1ccc2nccc(CCC3OCC(NC(=O)c4ccccc4)CO3)c2c1.COc1ccc2nccc(CCC3OCC(NCCc4ccccc4)CO3)c2c1.COc1ccc2nccc(CCC3OCC(NCc4ccc(C#N)cc4)CO3)c2c1.COc1ccc2nccc(CCC3OCC(NCc4ccc(C(F)(F)F)cc4)CO3)c2c1. The van der Waals surface area contributed by atoms with E-state index in [1.807, 2.05) is 158 Å². The number of pyridine rings is 4. The van der Waals surface area contributed by atoms with Gasteiger partial charge in [-0.05, 0) is 211 Å². The first-order valence-corrected chi connectivity index (χ1v) is 40.6. The van der Waals surface area contributed by atoms with Crippen LogP contribution >= 0.6 is 0 Å². The average Bonchev–Trinajstić information content (AvgIpc) is 0.830. The number of fused-ring (bicyclic) bond motifs is 4. The molecule has 626 valence electrons. The standard InChI is InChI=1S/C24H25F3N2O3.C24H25N3O3.C24H28N2O3.C23H24N2O4/c1-30-20-7-8-22-21(12-20)17(10-11-28-22)4-9-23-31-14-19(15-32-23)29-13-16-2-5-18(6-3-16)24(25,26)27;1-28-21-7-8-23-22(12-21)19(10-11-26-23)6-9-24-29-15-20(16-30-24)27-14-18-4-2-17(13-25)3-5-18;1-27-21-8-9-23-22(15-21)19(12-14-26-23)7-10-24-28-16-20(17-29-24)25-13-11-18-5-3-2-4-6-18;1-27-19-8-9-21-20(13-19)16(11-12-24-21)7-10-22-28-14-18(15-29-22)25-23(26)17-5-3-2-4-6-17/h2-3,5-8,10-12,19,23,29H,4,9,13-15H2,1H3;2-5,7-8,10-12,20,24,27H,6,9,14-16H2,1H3;2-6,8-9,12,14-15,20,24-25H,7,10-11,13,16-17H2,1H3;2-6,8-9,11-13,18,22H,7,10,14-15H2,1H3,(H,25,26). The molecular formula is C95H102F3N9O13. The zero-order chi connectivity index (χ0) is 83.3. The van der Waals surface area contributed by atoms with Gasteiger partial charge in [-0.2, -0.15) is 18.4 Å². The molecule has 0 spiro atoms. The molecule has 0 radical (unpaired) electrons. The molecule has 4 saturated heterocycles. The number of amides is 1. The topological polar surface area (TPSA) is 251 Å². The van der Waals surface area contributed by atoms with Crippen molar-refractivity contribution in [3.8, 4) is 29.1 Å². The molecule has 4 aromatic heterocycles. The van der Waals surface area contributed by atoms with Gasteiger partial charge in [0.2, 0.25) is 0 Å². The van der Waals surface area contributed by atoms with Crippen LogP contribution in [-0.2, 0) is 89.3 Å². The van der Waals surface area contributed by atoms with Crippen molar-refractivity contribution in [1.82, 2.24) is 41.2 Å². The van der Waals surface area contributed by atoms with Crippen molar-refractivity contribution in [2.45, 2.75) is 126 Å². The van der Waals surface area contributed by atoms with Crippen LogP contribution in [0, 0.1) is 11.3 Å². The highest BCUT2D eigenvalue weighted by Crippen LogP contribution is 2.32. The van der Waals surface area contributed by atoms with Crippen LogP contribution in [0.3, 0.4) is 0 Å². The first-order valence-electron chi connectivity index (χ1n) is 40.6. The summed E-state index contributed by atoms with van der Waals surface area (Å²) in [5.74, 6) is 3.17. The van der Waals surface area contributed by atoms with Crippen molar-refractivity contribution in [1.29, 1.82) is 5.26 Å². The highest BCUT2D eigenvalue weighted by atomic mass is 19.4. The molecule has 0 saturated carbocycles. The van der Waals surface area contributed by atoms with E-state index < -0.39 is 11.7 Å². The molecule has 16 rings (SSSR count). The predicted octanol–water partition coefficient (Wildman–Crippen LogP) is 15.4. The normalized spacial score (nSPS) is 19.1. The number of hydrogen-bond donors (Lipinski definition) is 4. The first-order chi connectivity index (χ1) is 58.7. The van der Waals surface area contributed by atoms with E-state index in [0.717, 1.165) is 160 Å².